The topological polar surface area (TPSA) is 70.2 Å². The lowest BCUT2D eigenvalue weighted by Gasteiger charge is -2.24. The minimum Gasteiger partial charge on any atom is -0.477 e. The normalized spacial score (nSPS) is 24.5. The van der Waals surface area contributed by atoms with Crippen LogP contribution in [0, 0.1) is 11.8 Å². The Kier molecular flexibility index (Phi) is 3.31. The molecule has 4 nitrogen and oxygen atoms in total. The van der Waals surface area contributed by atoms with Crippen LogP contribution in [0.15, 0.2) is 12.3 Å². The van der Waals surface area contributed by atoms with E-state index >= 15 is 0 Å². The van der Waals surface area contributed by atoms with Gasteiger partial charge in [0.2, 0.25) is 0 Å². The molecule has 0 saturated heterocycles. The molecule has 17 heavy (non-hydrogen) atoms. The molecule has 2 N–H and O–H groups in total. The number of hydrogen-bond donors (Lipinski definition) is 2. The number of carboxylic acid groups (broad SMARTS) is 1. The van der Waals surface area contributed by atoms with Crippen molar-refractivity contribution in [3.05, 3.63) is 23.5 Å². The fourth-order valence-corrected chi connectivity index (χ4v) is 2.42. The average molecular weight is 235 g/mol. The van der Waals surface area contributed by atoms with Gasteiger partial charge in [0.25, 0.3) is 0 Å². The van der Waals surface area contributed by atoms with Crippen molar-refractivity contribution in [3.63, 3.8) is 0 Å². The number of carboxylic acids is 1. The molecule has 1 aromatic rings. The fraction of sp³-hybridized carbons (Fsp3) is 0.538. The first-order chi connectivity index (χ1) is 8.08. The first kappa shape index (κ1) is 11.9. The van der Waals surface area contributed by atoms with E-state index in [4.69, 9.17) is 5.11 Å². The third-order valence-electron chi connectivity index (χ3n) is 3.58. The summed E-state index contributed by atoms with van der Waals surface area (Å²) in [6, 6.07) is 1.43. The maximum absolute atomic E-state index is 12.1. The number of hydrogen-bond acceptors (Lipinski definition) is 2. The van der Waals surface area contributed by atoms with Gasteiger partial charge in [-0.15, -0.1) is 0 Å². The van der Waals surface area contributed by atoms with Gasteiger partial charge in [0.1, 0.15) is 5.69 Å². The number of aromatic carboxylic acids is 1. The minimum atomic E-state index is -1.03. The van der Waals surface area contributed by atoms with Crippen LogP contribution in [0.1, 0.15) is 53.5 Å². The Morgan fingerprint density at radius 2 is 1.94 bits per heavy atom. The molecule has 0 atom stereocenters. The van der Waals surface area contributed by atoms with Gasteiger partial charge in [-0.1, -0.05) is 19.8 Å². The summed E-state index contributed by atoms with van der Waals surface area (Å²) in [6.07, 6.45) is 5.53. The molecular weight excluding hydrogens is 218 g/mol. The predicted molar refractivity (Wildman–Crippen MR) is 63.2 cm³/mol. The number of Topliss-reactive ketones (excluding diaryl/α,β-unsaturated/α-hetero) is 1. The molecule has 0 amide bonds. The number of ketones is 1. The van der Waals surface area contributed by atoms with Gasteiger partial charge in [-0.2, -0.15) is 0 Å². The second kappa shape index (κ2) is 4.73. The van der Waals surface area contributed by atoms with Crippen LogP contribution in [0.3, 0.4) is 0 Å². The lowest BCUT2D eigenvalue weighted by molar-refractivity contribution is 0.0691. The molecule has 0 spiro atoms. The average Bonchev–Trinajstić information content (AvgIpc) is 2.78. The van der Waals surface area contributed by atoms with Crippen LogP contribution in [-0.4, -0.2) is 21.8 Å². The Morgan fingerprint density at radius 3 is 2.47 bits per heavy atom. The number of nitrogens with one attached hydrogen (secondary N) is 1. The molecule has 1 aliphatic carbocycles. The van der Waals surface area contributed by atoms with Gasteiger partial charge in [-0.25, -0.2) is 4.79 Å². The molecule has 0 bridgehead atoms. The number of carbonyl (C=O) groups excluding carboxylic acids is 1. The van der Waals surface area contributed by atoms with Crippen LogP contribution < -0.4 is 0 Å². The highest BCUT2D eigenvalue weighted by Gasteiger charge is 2.26. The smallest absolute Gasteiger partial charge is 0.352 e. The van der Waals surface area contributed by atoms with E-state index in [1.54, 1.807) is 0 Å². The van der Waals surface area contributed by atoms with E-state index in [1.165, 1.54) is 12.3 Å². The van der Waals surface area contributed by atoms with Crippen LogP contribution in [0.2, 0.25) is 0 Å². The van der Waals surface area contributed by atoms with Crippen LogP contribution in [0.4, 0.5) is 0 Å². The number of aromatic nitrogens is 1. The van der Waals surface area contributed by atoms with E-state index in [1.807, 2.05) is 0 Å². The monoisotopic (exact) mass is 235 g/mol. The highest BCUT2D eigenvalue weighted by Crippen LogP contribution is 2.30. The molecule has 1 aliphatic rings. The molecule has 92 valence electrons. The first-order valence-electron chi connectivity index (χ1n) is 6.04. The van der Waals surface area contributed by atoms with E-state index in [0.717, 1.165) is 25.7 Å². The quantitative estimate of drug-likeness (QED) is 0.791. The number of H-pyrrole nitrogens is 1. The van der Waals surface area contributed by atoms with Gasteiger partial charge in [0.15, 0.2) is 5.78 Å². The van der Waals surface area contributed by atoms with Crippen molar-refractivity contribution in [3.8, 4) is 0 Å². The van der Waals surface area contributed by atoms with Crippen molar-refractivity contribution < 1.29 is 14.7 Å². The Hall–Kier alpha value is -1.58. The van der Waals surface area contributed by atoms with E-state index < -0.39 is 5.97 Å². The van der Waals surface area contributed by atoms with Crippen LogP contribution in [0.25, 0.3) is 0 Å². The van der Waals surface area contributed by atoms with Crippen molar-refractivity contribution in [1.82, 2.24) is 4.98 Å². The number of aromatic amines is 1. The second-order valence-corrected chi connectivity index (χ2v) is 4.93. The van der Waals surface area contributed by atoms with Crippen LogP contribution in [-0.2, 0) is 0 Å². The molecule has 0 aromatic carbocycles. The van der Waals surface area contributed by atoms with Gasteiger partial charge in [-0.3, -0.25) is 4.79 Å². The lowest BCUT2D eigenvalue weighted by Crippen LogP contribution is -2.20. The van der Waals surface area contributed by atoms with Crippen molar-refractivity contribution in [2.24, 2.45) is 11.8 Å². The minimum absolute atomic E-state index is 0.0728. The zero-order valence-electron chi connectivity index (χ0n) is 9.90. The summed E-state index contributed by atoms with van der Waals surface area (Å²) in [6.45, 7) is 2.21. The van der Waals surface area contributed by atoms with Crippen LogP contribution >= 0.6 is 0 Å². The van der Waals surface area contributed by atoms with E-state index in [9.17, 15) is 9.59 Å². The predicted octanol–water partition coefficient (Wildman–Crippen LogP) is 2.72. The largest absolute Gasteiger partial charge is 0.477 e. The van der Waals surface area contributed by atoms with Gasteiger partial charge in [0, 0.05) is 17.7 Å². The van der Waals surface area contributed by atoms with E-state index in [0.29, 0.717) is 11.5 Å². The van der Waals surface area contributed by atoms with Crippen LogP contribution in [0.5, 0.6) is 0 Å². The molecule has 1 heterocycles. The Morgan fingerprint density at radius 1 is 1.29 bits per heavy atom. The molecular formula is C13H17NO3. The summed E-state index contributed by atoms with van der Waals surface area (Å²) in [4.78, 5) is 25.5. The number of rotatable bonds is 3. The SMILES string of the molecule is CC1CCC(C(=O)c2c[nH]c(C(=O)O)c2)CC1. The summed E-state index contributed by atoms with van der Waals surface area (Å²) < 4.78 is 0. The van der Waals surface area contributed by atoms with Crippen molar-refractivity contribution >= 4 is 11.8 Å². The summed E-state index contributed by atoms with van der Waals surface area (Å²) in [5.41, 5.74) is 0.583. The third-order valence-corrected chi connectivity index (χ3v) is 3.58. The molecule has 0 unspecified atom stereocenters. The highest BCUT2D eigenvalue weighted by atomic mass is 16.4. The van der Waals surface area contributed by atoms with Crippen molar-refractivity contribution in [2.45, 2.75) is 32.6 Å². The standard InChI is InChI=1S/C13H17NO3/c1-8-2-4-9(5-3-8)12(15)10-6-11(13(16)17)14-7-10/h6-9,14H,2-5H2,1H3,(H,16,17). The maximum atomic E-state index is 12.1. The van der Waals surface area contributed by atoms with E-state index in [-0.39, 0.29) is 17.4 Å². The Labute approximate surface area is 100 Å². The summed E-state index contributed by atoms with van der Waals surface area (Å²) in [5.74, 6) is -0.162. The summed E-state index contributed by atoms with van der Waals surface area (Å²) in [7, 11) is 0. The number of carbonyl (C=O) groups is 2. The van der Waals surface area contributed by atoms with Gasteiger partial charge in [-0.05, 0) is 24.8 Å². The molecule has 1 saturated carbocycles. The fourth-order valence-electron chi connectivity index (χ4n) is 2.42. The Balaban J connectivity index is 2.06. The first-order valence-corrected chi connectivity index (χ1v) is 6.04. The third kappa shape index (κ3) is 2.57. The van der Waals surface area contributed by atoms with Gasteiger partial charge >= 0.3 is 5.97 Å². The van der Waals surface area contributed by atoms with Gasteiger partial charge < -0.3 is 10.1 Å². The highest BCUT2D eigenvalue weighted by molar-refractivity contribution is 6.00. The Bertz CT molecular complexity index is 428. The second-order valence-electron chi connectivity index (χ2n) is 4.93. The summed E-state index contributed by atoms with van der Waals surface area (Å²) in [5, 5.41) is 8.78. The molecule has 0 aliphatic heterocycles. The van der Waals surface area contributed by atoms with E-state index in [2.05, 4.69) is 11.9 Å². The summed E-state index contributed by atoms with van der Waals surface area (Å²) >= 11 is 0. The molecule has 1 aromatic heterocycles. The lowest BCUT2D eigenvalue weighted by atomic mass is 9.80. The molecule has 4 heteroatoms. The maximum Gasteiger partial charge on any atom is 0.352 e. The van der Waals surface area contributed by atoms with Crippen molar-refractivity contribution in [2.75, 3.05) is 0 Å². The zero-order chi connectivity index (χ0) is 12.4. The van der Waals surface area contributed by atoms with Crippen molar-refractivity contribution in [1.29, 1.82) is 0 Å². The molecule has 2 rings (SSSR count). The molecule has 1 fully saturated rings. The van der Waals surface area contributed by atoms with Gasteiger partial charge in [0.05, 0.1) is 0 Å². The zero-order valence-corrected chi connectivity index (χ0v) is 9.90. The molecule has 0 radical (unpaired) electrons.